The molecule has 1 atom stereocenters. The third-order valence-electron chi connectivity index (χ3n) is 3.89. The van der Waals surface area contributed by atoms with Gasteiger partial charge in [0.05, 0.1) is 12.7 Å². The molecule has 4 nitrogen and oxygen atoms in total. The molecule has 0 spiro atoms. The van der Waals surface area contributed by atoms with Crippen molar-refractivity contribution in [1.29, 1.82) is 0 Å². The molecule has 1 saturated carbocycles. The maximum atomic E-state index is 12.9. The van der Waals surface area contributed by atoms with Gasteiger partial charge in [0.1, 0.15) is 5.82 Å². The minimum Gasteiger partial charge on any atom is -0.311 e. The van der Waals surface area contributed by atoms with Gasteiger partial charge in [-0.25, -0.2) is 13.5 Å². The molecule has 1 N–H and O–H groups in total. The predicted octanol–water partition coefficient (Wildman–Crippen LogP) is 3.88. The number of carbonyl (C=O) groups is 1. The molecule has 0 saturated heterocycles. The number of alkyl halides is 2. The van der Waals surface area contributed by atoms with E-state index in [-0.39, 0.29) is 12.8 Å². The second-order valence-electron chi connectivity index (χ2n) is 5.88. The summed E-state index contributed by atoms with van der Waals surface area (Å²) in [6.45, 7) is 2.24. The Balaban J connectivity index is 1.70. The topological polar surface area (TPSA) is 46.9 Å². The van der Waals surface area contributed by atoms with Gasteiger partial charge in [-0.2, -0.15) is 5.10 Å². The summed E-state index contributed by atoms with van der Waals surface area (Å²) in [6.07, 6.45) is 1.25. The quantitative estimate of drug-likeness (QED) is 0.898. The maximum absolute atomic E-state index is 12.9. The van der Waals surface area contributed by atoms with Crippen LogP contribution >= 0.6 is 11.6 Å². The lowest BCUT2D eigenvalue weighted by Crippen LogP contribution is -2.18. The molecule has 1 aromatic carbocycles. The monoisotopic (exact) mass is 339 g/mol. The highest BCUT2D eigenvalue weighted by Gasteiger charge is 2.57. The van der Waals surface area contributed by atoms with Crippen molar-refractivity contribution in [3.63, 3.8) is 0 Å². The molecule has 23 heavy (non-hydrogen) atoms. The number of nitrogens with one attached hydrogen (secondary N) is 1. The number of hydrogen-bond acceptors (Lipinski definition) is 2. The second kappa shape index (κ2) is 5.92. The molecule has 1 amide bonds. The van der Waals surface area contributed by atoms with Crippen LogP contribution in [0.5, 0.6) is 0 Å². The van der Waals surface area contributed by atoms with Gasteiger partial charge in [-0.1, -0.05) is 23.7 Å². The van der Waals surface area contributed by atoms with E-state index in [4.69, 9.17) is 11.6 Å². The molecule has 0 radical (unpaired) electrons. The molecule has 122 valence electrons. The van der Waals surface area contributed by atoms with Crippen molar-refractivity contribution in [3.05, 3.63) is 46.6 Å². The first kappa shape index (κ1) is 15.9. The fraction of sp³-hybridized carbons (Fsp3) is 0.375. The Morgan fingerprint density at radius 2 is 2.26 bits per heavy atom. The van der Waals surface area contributed by atoms with Crippen LogP contribution in [0.1, 0.15) is 24.0 Å². The van der Waals surface area contributed by atoms with Crippen molar-refractivity contribution in [2.24, 2.45) is 5.92 Å². The van der Waals surface area contributed by atoms with E-state index in [1.54, 1.807) is 16.9 Å². The Bertz CT molecular complexity index is 745. The molecular weight excluding hydrogens is 324 g/mol. The number of benzene rings is 1. The van der Waals surface area contributed by atoms with E-state index in [0.29, 0.717) is 17.4 Å². The first-order valence-corrected chi connectivity index (χ1v) is 7.67. The van der Waals surface area contributed by atoms with Crippen molar-refractivity contribution < 1.29 is 13.6 Å². The summed E-state index contributed by atoms with van der Waals surface area (Å²) in [4.78, 5) is 12.0. The smallest absolute Gasteiger partial charge is 0.252 e. The lowest BCUT2D eigenvalue weighted by atomic mass is 10.2. The summed E-state index contributed by atoms with van der Waals surface area (Å²) in [5.74, 6) is -3.41. The number of rotatable bonds is 5. The van der Waals surface area contributed by atoms with Crippen LogP contribution in [-0.4, -0.2) is 21.6 Å². The van der Waals surface area contributed by atoms with Gasteiger partial charge in [0, 0.05) is 29.3 Å². The fourth-order valence-corrected chi connectivity index (χ4v) is 2.68. The van der Waals surface area contributed by atoms with Crippen LogP contribution in [0.25, 0.3) is 0 Å². The highest BCUT2D eigenvalue weighted by Crippen LogP contribution is 2.50. The average molecular weight is 340 g/mol. The Morgan fingerprint density at radius 3 is 2.91 bits per heavy atom. The number of carbonyl (C=O) groups excluding carboxylic acids is 1. The standard InChI is InChI=1S/C16H16ClF2N3O/c1-10-8-20-22(9-11-3-2-4-13(17)5-11)15(10)21-14(23)6-12-7-16(12,18)19/h2-5,8,12H,6-7,9H2,1H3,(H,21,23). The van der Waals surface area contributed by atoms with Gasteiger partial charge in [-0.15, -0.1) is 0 Å². The molecule has 0 bridgehead atoms. The summed E-state index contributed by atoms with van der Waals surface area (Å²) in [6, 6.07) is 7.33. The van der Waals surface area contributed by atoms with E-state index in [2.05, 4.69) is 10.4 Å². The van der Waals surface area contributed by atoms with Gasteiger partial charge in [0.25, 0.3) is 5.92 Å². The lowest BCUT2D eigenvalue weighted by molar-refractivity contribution is -0.117. The molecule has 1 aliphatic carbocycles. The molecule has 1 fully saturated rings. The van der Waals surface area contributed by atoms with E-state index >= 15 is 0 Å². The Hall–Kier alpha value is -1.95. The van der Waals surface area contributed by atoms with Crippen LogP contribution in [0.3, 0.4) is 0 Å². The summed E-state index contributed by atoms with van der Waals surface area (Å²) in [5.41, 5.74) is 1.72. The second-order valence-corrected chi connectivity index (χ2v) is 6.31. The Morgan fingerprint density at radius 1 is 1.52 bits per heavy atom. The van der Waals surface area contributed by atoms with Crippen molar-refractivity contribution in [2.75, 3.05) is 5.32 Å². The third-order valence-corrected chi connectivity index (χ3v) is 4.12. The normalized spacial score (nSPS) is 18.7. The van der Waals surface area contributed by atoms with Gasteiger partial charge in [0.2, 0.25) is 5.91 Å². The third kappa shape index (κ3) is 3.69. The molecule has 1 aromatic heterocycles. The van der Waals surface area contributed by atoms with E-state index < -0.39 is 17.7 Å². The maximum Gasteiger partial charge on any atom is 0.252 e. The van der Waals surface area contributed by atoms with E-state index in [1.807, 2.05) is 25.1 Å². The molecule has 0 aliphatic heterocycles. The summed E-state index contributed by atoms with van der Waals surface area (Å²) >= 11 is 5.96. The first-order chi connectivity index (χ1) is 10.8. The van der Waals surface area contributed by atoms with Gasteiger partial charge in [-0.3, -0.25) is 4.79 Å². The van der Waals surface area contributed by atoms with Crippen LogP contribution in [0.15, 0.2) is 30.5 Å². The molecule has 1 aliphatic rings. The predicted molar refractivity (Wildman–Crippen MR) is 83.8 cm³/mol. The summed E-state index contributed by atoms with van der Waals surface area (Å²) in [5, 5.41) is 7.54. The van der Waals surface area contributed by atoms with Crippen molar-refractivity contribution in [1.82, 2.24) is 9.78 Å². The van der Waals surface area contributed by atoms with Crippen LogP contribution in [0.4, 0.5) is 14.6 Å². The zero-order valence-electron chi connectivity index (χ0n) is 12.5. The number of amides is 1. The van der Waals surface area contributed by atoms with Crippen molar-refractivity contribution in [2.45, 2.75) is 32.2 Å². The highest BCUT2D eigenvalue weighted by molar-refractivity contribution is 6.30. The number of aryl methyl sites for hydroxylation is 1. The van der Waals surface area contributed by atoms with Gasteiger partial charge in [-0.05, 0) is 24.6 Å². The SMILES string of the molecule is Cc1cnn(Cc2cccc(Cl)c2)c1NC(=O)CC1CC1(F)F. The summed E-state index contributed by atoms with van der Waals surface area (Å²) < 4.78 is 27.4. The van der Waals surface area contributed by atoms with Crippen LogP contribution in [0, 0.1) is 12.8 Å². The average Bonchev–Trinajstić information content (AvgIpc) is 2.92. The van der Waals surface area contributed by atoms with Gasteiger partial charge in [0.15, 0.2) is 0 Å². The minimum atomic E-state index is -2.69. The first-order valence-electron chi connectivity index (χ1n) is 7.29. The van der Waals surface area contributed by atoms with Gasteiger partial charge >= 0.3 is 0 Å². The van der Waals surface area contributed by atoms with Crippen molar-refractivity contribution in [3.8, 4) is 0 Å². The molecular formula is C16H16ClF2N3O. The van der Waals surface area contributed by atoms with E-state index in [0.717, 1.165) is 11.1 Å². The molecule has 3 rings (SSSR count). The minimum absolute atomic E-state index is 0.172. The van der Waals surface area contributed by atoms with Gasteiger partial charge < -0.3 is 5.32 Å². The molecule has 1 heterocycles. The number of aromatic nitrogens is 2. The number of anilines is 1. The van der Waals surface area contributed by atoms with Crippen LogP contribution in [-0.2, 0) is 11.3 Å². The largest absolute Gasteiger partial charge is 0.311 e. The Labute approximate surface area is 137 Å². The molecule has 7 heteroatoms. The van der Waals surface area contributed by atoms with E-state index in [9.17, 15) is 13.6 Å². The Kier molecular flexibility index (Phi) is 4.10. The number of halogens is 3. The lowest BCUT2D eigenvalue weighted by Gasteiger charge is -2.10. The number of nitrogens with zero attached hydrogens (tertiary/aromatic N) is 2. The fourth-order valence-electron chi connectivity index (χ4n) is 2.47. The molecule has 1 unspecified atom stereocenters. The van der Waals surface area contributed by atoms with E-state index in [1.165, 1.54) is 0 Å². The number of hydrogen-bond donors (Lipinski definition) is 1. The van der Waals surface area contributed by atoms with Crippen LogP contribution < -0.4 is 5.32 Å². The van der Waals surface area contributed by atoms with Crippen molar-refractivity contribution >= 4 is 23.3 Å². The zero-order chi connectivity index (χ0) is 16.6. The summed E-state index contributed by atoms with van der Waals surface area (Å²) in [7, 11) is 0. The zero-order valence-corrected chi connectivity index (χ0v) is 13.3. The molecule has 2 aromatic rings. The van der Waals surface area contributed by atoms with Crippen LogP contribution in [0.2, 0.25) is 5.02 Å². The highest BCUT2D eigenvalue weighted by atomic mass is 35.5.